The Morgan fingerprint density at radius 1 is 1.18 bits per heavy atom. The Bertz CT molecular complexity index is 176. The standard InChI is InChI=1S/C9H15NO/c11-10-9-6-5-7-3-1-2-4-8(7)9/h7-8,11H,1-6H2/b10-9-/t7-,8+/m0/s1. The lowest BCUT2D eigenvalue weighted by Crippen LogP contribution is -2.18. The second kappa shape index (κ2) is 2.84. The summed E-state index contributed by atoms with van der Waals surface area (Å²) in [5.41, 5.74) is 1.08. The van der Waals surface area contributed by atoms with E-state index in [1.807, 2.05) is 0 Å². The van der Waals surface area contributed by atoms with Gasteiger partial charge in [0.2, 0.25) is 0 Å². The predicted octanol–water partition coefficient (Wildman–Crippen LogP) is 2.42. The van der Waals surface area contributed by atoms with Crippen molar-refractivity contribution in [2.45, 2.75) is 38.5 Å². The van der Waals surface area contributed by atoms with Gasteiger partial charge in [0.25, 0.3) is 0 Å². The average Bonchev–Trinajstić information content (AvgIpc) is 2.47. The van der Waals surface area contributed by atoms with E-state index in [1.54, 1.807) is 0 Å². The van der Waals surface area contributed by atoms with Crippen LogP contribution in [0.2, 0.25) is 0 Å². The van der Waals surface area contributed by atoms with E-state index in [-0.39, 0.29) is 0 Å². The first-order chi connectivity index (χ1) is 5.42. The first-order valence-electron chi connectivity index (χ1n) is 4.62. The largest absolute Gasteiger partial charge is 0.411 e. The Labute approximate surface area is 67.3 Å². The summed E-state index contributed by atoms with van der Waals surface area (Å²) in [6, 6.07) is 0. The summed E-state index contributed by atoms with van der Waals surface area (Å²) in [6.07, 6.45) is 7.67. The molecule has 2 heteroatoms. The molecule has 2 aliphatic rings. The van der Waals surface area contributed by atoms with Gasteiger partial charge in [0.05, 0.1) is 5.71 Å². The second-order valence-electron chi connectivity index (χ2n) is 3.78. The van der Waals surface area contributed by atoms with Crippen LogP contribution in [0.15, 0.2) is 5.16 Å². The van der Waals surface area contributed by atoms with Crippen LogP contribution in [0.25, 0.3) is 0 Å². The van der Waals surface area contributed by atoms with Gasteiger partial charge in [-0.15, -0.1) is 0 Å². The van der Waals surface area contributed by atoms with E-state index in [2.05, 4.69) is 5.16 Å². The number of fused-ring (bicyclic) bond motifs is 1. The molecule has 0 amide bonds. The lowest BCUT2D eigenvalue weighted by Gasteiger charge is -2.24. The number of nitrogens with zero attached hydrogens (tertiary/aromatic N) is 1. The van der Waals surface area contributed by atoms with Gasteiger partial charge in [-0.1, -0.05) is 18.0 Å². The van der Waals surface area contributed by atoms with Crippen LogP contribution >= 0.6 is 0 Å². The van der Waals surface area contributed by atoms with Gasteiger partial charge in [0.1, 0.15) is 0 Å². The summed E-state index contributed by atoms with van der Waals surface area (Å²) in [5, 5.41) is 12.1. The highest BCUT2D eigenvalue weighted by molar-refractivity contribution is 5.88. The molecule has 0 aromatic carbocycles. The highest BCUT2D eigenvalue weighted by Gasteiger charge is 2.34. The van der Waals surface area contributed by atoms with Crippen LogP contribution < -0.4 is 0 Å². The maximum Gasteiger partial charge on any atom is 0.0604 e. The molecule has 2 fully saturated rings. The van der Waals surface area contributed by atoms with Gasteiger partial charge < -0.3 is 5.21 Å². The van der Waals surface area contributed by atoms with Crippen molar-refractivity contribution in [2.75, 3.05) is 0 Å². The highest BCUT2D eigenvalue weighted by Crippen LogP contribution is 2.40. The Kier molecular flexibility index (Phi) is 1.84. The minimum atomic E-state index is 0.647. The highest BCUT2D eigenvalue weighted by atomic mass is 16.4. The van der Waals surface area contributed by atoms with Gasteiger partial charge in [-0.25, -0.2) is 0 Å². The van der Waals surface area contributed by atoms with Crippen molar-refractivity contribution < 1.29 is 5.21 Å². The van der Waals surface area contributed by atoms with E-state index in [0.717, 1.165) is 18.1 Å². The van der Waals surface area contributed by atoms with Crippen LogP contribution in [0.5, 0.6) is 0 Å². The predicted molar refractivity (Wildman–Crippen MR) is 43.9 cm³/mol. The van der Waals surface area contributed by atoms with E-state index < -0.39 is 0 Å². The molecule has 2 nitrogen and oxygen atoms in total. The van der Waals surface area contributed by atoms with E-state index >= 15 is 0 Å². The zero-order valence-corrected chi connectivity index (χ0v) is 6.79. The molecule has 0 aliphatic heterocycles. The Balaban J connectivity index is 2.10. The third kappa shape index (κ3) is 1.15. The Morgan fingerprint density at radius 3 is 2.82 bits per heavy atom. The molecule has 2 saturated carbocycles. The van der Waals surface area contributed by atoms with Crippen molar-refractivity contribution in [2.24, 2.45) is 17.0 Å². The lowest BCUT2D eigenvalue weighted by atomic mass is 9.81. The molecular weight excluding hydrogens is 138 g/mol. The zero-order chi connectivity index (χ0) is 7.68. The smallest absolute Gasteiger partial charge is 0.0604 e. The maximum absolute atomic E-state index is 8.69. The van der Waals surface area contributed by atoms with Crippen molar-refractivity contribution in [3.05, 3.63) is 0 Å². The fourth-order valence-electron chi connectivity index (χ4n) is 2.63. The molecule has 1 N–H and O–H groups in total. The van der Waals surface area contributed by atoms with Crippen molar-refractivity contribution in [1.82, 2.24) is 0 Å². The van der Waals surface area contributed by atoms with Crippen molar-refractivity contribution in [1.29, 1.82) is 0 Å². The van der Waals surface area contributed by atoms with Gasteiger partial charge in [-0.3, -0.25) is 0 Å². The van der Waals surface area contributed by atoms with Crippen LogP contribution in [0.4, 0.5) is 0 Å². The molecule has 0 aromatic heterocycles. The van der Waals surface area contributed by atoms with Crippen LogP contribution in [0, 0.1) is 11.8 Å². The lowest BCUT2D eigenvalue weighted by molar-refractivity contribution is 0.294. The minimum Gasteiger partial charge on any atom is -0.411 e. The fraction of sp³-hybridized carbons (Fsp3) is 0.889. The molecule has 2 rings (SSSR count). The Hall–Kier alpha value is -0.530. The van der Waals surface area contributed by atoms with Gasteiger partial charge in [-0.05, 0) is 31.6 Å². The van der Waals surface area contributed by atoms with Crippen LogP contribution in [0.1, 0.15) is 38.5 Å². The number of hydrogen-bond donors (Lipinski definition) is 1. The summed E-state index contributed by atoms with van der Waals surface area (Å²) >= 11 is 0. The van der Waals surface area contributed by atoms with Crippen molar-refractivity contribution in [3.63, 3.8) is 0 Å². The van der Waals surface area contributed by atoms with Crippen LogP contribution in [-0.4, -0.2) is 10.9 Å². The quantitative estimate of drug-likeness (QED) is 0.420. The van der Waals surface area contributed by atoms with E-state index in [9.17, 15) is 0 Å². The molecule has 0 aromatic rings. The first-order valence-corrected chi connectivity index (χ1v) is 4.62. The summed E-state index contributed by atoms with van der Waals surface area (Å²) in [7, 11) is 0. The number of rotatable bonds is 0. The molecule has 0 saturated heterocycles. The third-order valence-corrected chi connectivity index (χ3v) is 3.24. The maximum atomic E-state index is 8.69. The zero-order valence-electron chi connectivity index (χ0n) is 6.79. The molecule has 62 valence electrons. The van der Waals surface area contributed by atoms with E-state index in [4.69, 9.17) is 5.21 Å². The molecule has 0 bridgehead atoms. The monoisotopic (exact) mass is 153 g/mol. The summed E-state index contributed by atoms with van der Waals surface area (Å²) in [4.78, 5) is 0. The van der Waals surface area contributed by atoms with Gasteiger partial charge in [0.15, 0.2) is 0 Å². The van der Waals surface area contributed by atoms with Crippen LogP contribution in [0.3, 0.4) is 0 Å². The van der Waals surface area contributed by atoms with Crippen molar-refractivity contribution in [3.8, 4) is 0 Å². The Morgan fingerprint density at radius 2 is 2.00 bits per heavy atom. The molecule has 0 heterocycles. The van der Waals surface area contributed by atoms with Gasteiger partial charge >= 0.3 is 0 Å². The van der Waals surface area contributed by atoms with Gasteiger partial charge in [0, 0.05) is 5.92 Å². The third-order valence-electron chi connectivity index (χ3n) is 3.24. The minimum absolute atomic E-state index is 0.647. The summed E-state index contributed by atoms with van der Waals surface area (Å²) in [5.74, 6) is 1.50. The van der Waals surface area contributed by atoms with Crippen LogP contribution in [-0.2, 0) is 0 Å². The van der Waals surface area contributed by atoms with Gasteiger partial charge in [-0.2, -0.15) is 0 Å². The molecule has 2 atom stereocenters. The normalized spacial score (nSPS) is 40.9. The topological polar surface area (TPSA) is 32.6 Å². The van der Waals surface area contributed by atoms with E-state index in [0.29, 0.717) is 5.92 Å². The SMILES string of the molecule is O/N=C1/CC[C@@H]2CCCC[C@@H]12. The molecular formula is C9H15NO. The van der Waals surface area contributed by atoms with Crippen molar-refractivity contribution >= 4 is 5.71 Å². The summed E-state index contributed by atoms with van der Waals surface area (Å²) < 4.78 is 0. The number of hydrogen-bond acceptors (Lipinski definition) is 2. The molecule has 2 aliphatic carbocycles. The molecule has 0 spiro atoms. The average molecular weight is 153 g/mol. The number of oxime groups is 1. The summed E-state index contributed by atoms with van der Waals surface area (Å²) in [6.45, 7) is 0. The van der Waals surface area contributed by atoms with E-state index in [1.165, 1.54) is 32.1 Å². The first kappa shape index (κ1) is 7.14. The molecule has 0 radical (unpaired) electrons. The fourth-order valence-corrected chi connectivity index (χ4v) is 2.63. The molecule has 11 heavy (non-hydrogen) atoms. The second-order valence-corrected chi connectivity index (χ2v) is 3.78. The molecule has 0 unspecified atom stereocenters.